The lowest BCUT2D eigenvalue weighted by molar-refractivity contribution is 0.0703. The summed E-state index contributed by atoms with van der Waals surface area (Å²) >= 11 is 0. The molecule has 1 saturated heterocycles. The molecule has 0 bridgehead atoms. The standard InChI is InChI=1S/C13H28N2O/c1-4-6-13(11-16-3)15-8-5-7-14-9-12(2)10-15/h12-14H,4-11H2,1-3H3. The van der Waals surface area contributed by atoms with Crippen LogP contribution in [0.15, 0.2) is 0 Å². The third-order valence-corrected chi connectivity index (χ3v) is 3.34. The maximum atomic E-state index is 5.36. The highest BCUT2D eigenvalue weighted by Gasteiger charge is 2.20. The zero-order chi connectivity index (χ0) is 11.8. The average molecular weight is 228 g/mol. The van der Waals surface area contributed by atoms with Crippen molar-refractivity contribution in [1.29, 1.82) is 0 Å². The zero-order valence-electron chi connectivity index (χ0n) is 11.2. The van der Waals surface area contributed by atoms with Crippen LogP contribution in [0.4, 0.5) is 0 Å². The lowest BCUT2D eigenvalue weighted by Gasteiger charge is -2.35. The number of rotatable bonds is 5. The van der Waals surface area contributed by atoms with Gasteiger partial charge in [0.2, 0.25) is 0 Å². The predicted octanol–water partition coefficient (Wildman–Crippen LogP) is 1.73. The van der Waals surface area contributed by atoms with Crippen LogP contribution in [-0.4, -0.2) is 50.8 Å². The normalized spacial score (nSPS) is 26.1. The second kappa shape index (κ2) is 8.04. The molecule has 1 fully saturated rings. The molecule has 0 amide bonds. The van der Waals surface area contributed by atoms with Crippen LogP contribution in [0.2, 0.25) is 0 Å². The molecule has 1 aliphatic rings. The molecule has 1 heterocycles. The summed E-state index contributed by atoms with van der Waals surface area (Å²) in [5.41, 5.74) is 0. The van der Waals surface area contributed by atoms with Crippen molar-refractivity contribution >= 4 is 0 Å². The van der Waals surface area contributed by atoms with Crippen molar-refractivity contribution in [1.82, 2.24) is 10.2 Å². The summed E-state index contributed by atoms with van der Waals surface area (Å²) in [4.78, 5) is 2.64. The molecule has 96 valence electrons. The molecule has 2 unspecified atom stereocenters. The first-order chi connectivity index (χ1) is 7.77. The summed E-state index contributed by atoms with van der Waals surface area (Å²) in [5.74, 6) is 0.747. The Hall–Kier alpha value is -0.120. The molecule has 0 spiro atoms. The van der Waals surface area contributed by atoms with Crippen LogP contribution in [0.5, 0.6) is 0 Å². The first-order valence-electron chi connectivity index (χ1n) is 6.71. The van der Waals surface area contributed by atoms with E-state index in [1.165, 1.54) is 32.4 Å². The Balaban J connectivity index is 2.49. The van der Waals surface area contributed by atoms with Gasteiger partial charge in [-0.3, -0.25) is 4.90 Å². The Morgan fingerprint density at radius 1 is 1.50 bits per heavy atom. The van der Waals surface area contributed by atoms with Crippen molar-refractivity contribution in [3.63, 3.8) is 0 Å². The summed E-state index contributed by atoms with van der Waals surface area (Å²) in [6, 6.07) is 0.621. The summed E-state index contributed by atoms with van der Waals surface area (Å²) < 4.78 is 5.36. The van der Waals surface area contributed by atoms with Crippen molar-refractivity contribution in [2.45, 2.75) is 39.2 Å². The highest BCUT2D eigenvalue weighted by atomic mass is 16.5. The van der Waals surface area contributed by atoms with E-state index in [1.807, 2.05) is 7.11 Å². The highest BCUT2D eigenvalue weighted by molar-refractivity contribution is 4.76. The van der Waals surface area contributed by atoms with Crippen LogP contribution >= 0.6 is 0 Å². The molecule has 0 aromatic rings. The Labute approximate surface area is 101 Å². The molecule has 0 aromatic heterocycles. The van der Waals surface area contributed by atoms with Crippen LogP contribution in [0.3, 0.4) is 0 Å². The molecule has 16 heavy (non-hydrogen) atoms. The molecule has 1 aliphatic heterocycles. The summed E-state index contributed by atoms with van der Waals surface area (Å²) in [6.45, 7) is 10.2. The number of nitrogens with zero attached hydrogens (tertiary/aromatic N) is 1. The monoisotopic (exact) mass is 228 g/mol. The van der Waals surface area contributed by atoms with Gasteiger partial charge in [0.05, 0.1) is 6.61 Å². The van der Waals surface area contributed by atoms with Crippen molar-refractivity contribution < 1.29 is 4.74 Å². The third-order valence-electron chi connectivity index (χ3n) is 3.34. The minimum Gasteiger partial charge on any atom is -0.383 e. The van der Waals surface area contributed by atoms with Crippen LogP contribution in [0.25, 0.3) is 0 Å². The second-order valence-electron chi connectivity index (χ2n) is 5.06. The fourth-order valence-corrected chi connectivity index (χ4v) is 2.54. The van der Waals surface area contributed by atoms with Gasteiger partial charge in [-0.1, -0.05) is 20.3 Å². The summed E-state index contributed by atoms with van der Waals surface area (Å²) in [7, 11) is 1.82. The molecule has 3 heteroatoms. The van der Waals surface area contributed by atoms with E-state index >= 15 is 0 Å². The van der Waals surface area contributed by atoms with Crippen LogP contribution in [-0.2, 0) is 4.74 Å². The van der Waals surface area contributed by atoms with Crippen molar-refractivity contribution in [2.24, 2.45) is 5.92 Å². The smallest absolute Gasteiger partial charge is 0.0618 e. The molecule has 0 aliphatic carbocycles. The van der Waals surface area contributed by atoms with Crippen molar-refractivity contribution in [3.05, 3.63) is 0 Å². The van der Waals surface area contributed by atoms with Gasteiger partial charge in [0, 0.05) is 19.7 Å². The van der Waals surface area contributed by atoms with E-state index in [0.29, 0.717) is 6.04 Å². The summed E-state index contributed by atoms with van der Waals surface area (Å²) in [5, 5.41) is 3.50. The first kappa shape index (κ1) is 13.9. The maximum absolute atomic E-state index is 5.36. The van der Waals surface area contributed by atoms with E-state index in [1.54, 1.807) is 0 Å². The number of methoxy groups -OCH3 is 1. The van der Waals surface area contributed by atoms with E-state index in [0.717, 1.165) is 25.6 Å². The number of hydrogen-bond acceptors (Lipinski definition) is 3. The first-order valence-corrected chi connectivity index (χ1v) is 6.71. The van der Waals surface area contributed by atoms with Gasteiger partial charge in [-0.15, -0.1) is 0 Å². The Morgan fingerprint density at radius 2 is 2.31 bits per heavy atom. The Kier molecular flexibility index (Phi) is 7.01. The number of nitrogens with one attached hydrogen (secondary N) is 1. The molecule has 0 saturated carbocycles. The number of hydrogen-bond donors (Lipinski definition) is 1. The third kappa shape index (κ3) is 4.81. The highest BCUT2D eigenvalue weighted by Crippen LogP contribution is 2.12. The maximum Gasteiger partial charge on any atom is 0.0618 e. The van der Waals surface area contributed by atoms with Gasteiger partial charge in [-0.2, -0.15) is 0 Å². The Morgan fingerprint density at radius 3 is 3.00 bits per heavy atom. The lowest BCUT2D eigenvalue weighted by Crippen LogP contribution is -2.45. The predicted molar refractivity (Wildman–Crippen MR) is 68.8 cm³/mol. The average Bonchev–Trinajstić information content (AvgIpc) is 2.23. The lowest BCUT2D eigenvalue weighted by atomic mass is 10.1. The quantitative estimate of drug-likeness (QED) is 0.775. The zero-order valence-corrected chi connectivity index (χ0v) is 11.2. The van der Waals surface area contributed by atoms with Gasteiger partial charge in [0.1, 0.15) is 0 Å². The van der Waals surface area contributed by atoms with Crippen LogP contribution < -0.4 is 5.32 Å². The SMILES string of the molecule is CCCC(COC)N1CCCNCC(C)C1. The van der Waals surface area contributed by atoms with Crippen molar-refractivity contribution in [3.8, 4) is 0 Å². The summed E-state index contributed by atoms with van der Waals surface area (Å²) in [6.07, 6.45) is 3.77. The molecule has 0 aromatic carbocycles. The second-order valence-corrected chi connectivity index (χ2v) is 5.06. The topological polar surface area (TPSA) is 24.5 Å². The van der Waals surface area contributed by atoms with Crippen LogP contribution in [0, 0.1) is 5.92 Å². The molecule has 0 radical (unpaired) electrons. The minimum atomic E-state index is 0.621. The molecular formula is C13H28N2O. The molecule has 1 N–H and O–H groups in total. The van der Waals surface area contributed by atoms with E-state index in [2.05, 4.69) is 24.1 Å². The molecular weight excluding hydrogens is 200 g/mol. The van der Waals surface area contributed by atoms with Crippen molar-refractivity contribution in [2.75, 3.05) is 39.9 Å². The van der Waals surface area contributed by atoms with E-state index < -0.39 is 0 Å². The van der Waals surface area contributed by atoms with Gasteiger partial charge in [0.25, 0.3) is 0 Å². The minimum absolute atomic E-state index is 0.621. The molecule has 1 rings (SSSR count). The van der Waals surface area contributed by atoms with E-state index in [4.69, 9.17) is 4.74 Å². The van der Waals surface area contributed by atoms with Gasteiger partial charge >= 0.3 is 0 Å². The fraction of sp³-hybridized carbons (Fsp3) is 1.00. The van der Waals surface area contributed by atoms with Gasteiger partial charge in [-0.05, 0) is 38.4 Å². The van der Waals surface area contributed by atoms with E-state index in [-0.39, 0.29) is 0 Å². The molecule has 2 atom stereocenters. The fourth-order valence-electron chi connectivity index (χ4n) is 2.54. The van der Waals surface area contributed by atoms with E-state index in [9.17, 15) is 0 Å². The number of ether oxygens (including phenoxy) is 1. The largest absolute Gasteiger partial charge is 0.383 e. The molecule has 3 nitrogen and oxygen atoms in total. The van der Waals surface area contributed by atoms with Gasteiger partial charge in [0.15, 0.2) is 0 Å². The van der Waals surface area contributed by atoms with Gasteiger partial charge < -0.3 is 10.1 Å². The van der Waals surface area contributed by atoms with Gasteiger partial charge in [-0.25, -0.2) is 0 Å². The Bertz CT molecular complexity index is 169. The van der Waals surface area contributed by atoms with Crippen LogP contribution in [0.1, 0.15) is 33.1 Å².